The summed E-state index contributed by atoms with van der Waals surface area (Å²) in [5, 5.41) is 8.11. The molecule has 0 spiro atoms. The maximum atomic E-state index is 12.9. The third-order valence-electron chi connectivity index (χ3n) is 7.47. The Labute approximate surface area is 234 Å². The van der Waals surface area contributed by atoms with Gasteiger partial charge < -0.3 is 9.64 Å². The van der Waals surface area contributed by atoms with Gasteiger partial charge in [0.1, 0.15) is 5.60 Å². The second kappa shape index (κ2) is 10.2. The number of pyridine rings is 1. The molecule has 2 heterocycles. The van der Waals surface area contributed by atoms with E-state index in [9.17, 15) is 31.2 Å². The molecule has 4 aliphatic rings. The minimum atomic E-state index is -4.56. The standard InChI is InChI=1S/C19H23F3N2O4S.C7H5ClO3/c1-16(2,3)28-15(25)24-7-13(8-24)17-9-18(10-17,11-17)29(26,27)14-5-4-12(6-23-14)19(20,21)22;8-6-3-1-2-5(4-6)7(9)11-10/h4-6,13H,7-11H2,1-3H3;1-4,10H. The van der Waals surface area contributed by atoms with Crippen LogP contribution in [0.1, 0.15) is 56.0 Å². The minimum Gasteiger partial charge on any atom is -0.444 e. The lowest BCUT2D eigenvalue weighted by Gasteiger charge is -2.74. The average Bonchev–Trinajstić information content (AvgIpc) is 2.76. The highest BCUT2D eigenvalue weighted by Crippen LogP contribution is 2.75. The topological polar surface area (TPSA) is 123 Å². The van der Waals surface area contributed by atoms with Crippen LogP contribution in [0.4, 0.5) is 18.0 Å². The van der Waals surface area contributed by atoms with E-state index in [-0.39, 0.29) is 28.0 Å². The van der Waals surface area contributed by atoms with Gasteiger partial charge in [-0.2, -0.15) is 18.4 Å². The molecule has 3 aliphatic carbocycles. The van der Waals surface area contributed by atoms with Crippen LogP contribution in [-0.4, -0.2) is 59.1 Å². The van der Waals surface area contributed by atoms with Crippen LogP contribution in [-0.2, 0) is 25.6 Å². The molecule has 9 nitrogen and oxygen atoms in total. The fourth-order valence-corrected chi connectivity index (χ4v) is 7.93. The van der Waals surface area contributed by atoms with Crippen molar-refractivity contribution in [3.05, 3.63) is 58.7 Å². The summed E-state index contributed by atoms with van der Waals surface area (Å²) in [5.41, 5.74) is -1.41. The smallest absolute Gasteiger partial charge is 0.417 e. The van der Waals surface area contributed by atoms with Gasteiger partial charge in [0, 0.05) is 30.2 Å². The molecule has 0 radical (unpaired) electrons. The number of nitrogens with zero attached hydrogens (tertiary/aromatic N) is 2. The monoisotopic (exact) mass is 604 g/mol. The summed E-state index contributed by atoms with van der Waals surface area (Å²) in [6, 6.07) is 7.80. The summed E-state index contributed by atoms with van der Waals surface area (Å²) in [7, 11) is -3.79. The molecule has 1 amide bonds. The fraction of sp³-hybridized carbons (Fsp3) is 0.500. The van der Waals surface area contributed by atoms with Gasteiger partial charge in [-0.1, -0.05) is 17.7 Å². The number of rotatable bonds is 4. The summed E-state index contributed by atoms with van der Waals surface area (Å²) < 4.78 is 68.2. The molecule has 14 heteroatoms. The van der Waals surface area contributed by atoms with Crippen LogP contribution in [0.3, 0.4) is 0 Å². The summed E-state index contributed by atoms with van der Waals surface area (Å²) >= 11 is 5.56. The molecule has 4 fully saturated rings. The van der Waals surface area contributed by atoms with E-state index < -0.39 is 37.9 Å². The van der Waals surface area contributed by atoms with Gasteiger partial charge in [-0.15, -0.1) is 0 Å². The van der Waals surface area contributed by atoms with Crippen LogP contribution in [0.15, 0.2) is 47.6 Å². The van der Waals surface area contributed by atoms with Crippen molar-refractivity contribution in [1.82, 2.24) is 9.88 Å². The summed E-state index contributed by atoms with van der Waals surface area (Å²) in [6.07, 6.45) is -2.94. The normalized spacial score (nSPS) is 23.9. The number of sulfone groups is 1. The fourth-order valence-electron chi connectivity index (χ4n) is 5.43. The Morgan fingerprint density at radius 1 is 1.10 bits per heavy atom. The van der Waals surface area contributed by atoms with Gasteiger partial charge in [0.2, 0.25) is 9.84 Å². The van der Waals surface area contributed by atoms with Gasteiger partial charge >= 0.3 is 18.2 Å². The lowest BCUT2D eigenvalue weighted by atomic mass is 9.38. The Balaban J connectivity index is 0.000000283. The molecule has 1 aromatic heterocycles. The molecule has 1 N–H and O–H groups in total. The number of likely N-dealkylation sites (tertiary alicyclic amines) is 1. The largest absolute Gasteiger partial charge is 0.444 e. The maximum absolute atomic E-state index is 12.9. The molecule has 1 aliphatic heterocycles. The summed E-state index contributed by atoms with van der Waals surface area (Å²) in [5.74, 6) is -0.583. The molecule has 218 valence electrons. The number of halogens is 4. The Bertz CT molecular complexity index is 1380. The zero-order valence-corrected chi connectivity index (χ0v) is 23.4. The van der Waals surface area contributed by atoms with E-state index in [1.807, 2.05) is 0 Å². The van der Waals surface area contributed by atoms with E-state index in [0.29, 0.717) is 43.6 Å². The van der Waals surface area contributed by atoms with Crippen LogP contribution in [0.25, 0.3) is 0 Å². The van der Waals surface area contributed by atoms with Crippen LogP contribution in [0.5, 0.6) is 0 Å². The Morgan fingerprint density at radius 2 is 1.73 bits per heavy atom. The predicted octanol–water partition coefficient (Wildman–Crippen LogP) is 5.63. The van der Waals surface area contributed by atoms with Crippen molar-refractivity contribution < 1.29 is 46.1 Å². The molecule has 1 saturated heterocycles. The third-order valence-corrected chi connectivity index (χ3v) is 10.1. The lowest BCUT2D eigenvalue weighted by molar-refractivity contribution is -0.182. The van der Waals surface area contributed by atoms with Gasteiger partial charge in [0.25, 0.3) is 0 Å². The number of carbonyl (C=O) groups excluding carboxylic acids is 2. The number of aromatic nitrogens is 1. The van der Waals surface area contributed by atoms with E-state index in [4.69, 9.17) is 21.6 Å². The van der Waals surface area contributed by atoms with Crippen molar-refractivity contribution in [1.29, 1.82) is 0 Å². The highest BCUT2D eigenvalue weighted by molar-refractivity contribution is 7.93. The van der Waals surface area contributed by atoms with Gasteiger partial charge in [-0.05, 0) is 75.8 Å². The van der Waals surface area contributed by atoms with E-state index in [1.54, 1.807) is 37.8 Å². The van der Waals surface area contributed by atoms with Crippen molar-refractivity contribution in [3.63, 3.8) is 0 Å². The second-order valence-corrected chi connectivity index (χ2v) is 14.2. The van der Waals surface area contributed by atoms with Crippen molar-refractivity contribution in [3.8, 4) is 0 Å². The third kappa shape index (κ3) is 5.64. The Hall–Kier alpha value is -2.90. The quantitative estimate of drug-likeness (QED) is 0.352. The van der Waals surface area contributed by atoms with E-state index >= 15 is 0 Å². The first kappa shape index (κ1) is 30.1. The molecular formula is C26H28ClF3N2O7S. The number of amides is 1. The van der Waals surface area contributed by atoms with Crippen LogP contribution in [0.2, 0.25) is 5.02 Å². The number of ether oxygens (including phenoxy) is 1. The number of hydrogen-bond acceptors (Lipinski definition) is 8. The first-order valence-electron chi connectivity index (χ1n) is 12.3. The molecule has 2 bridgehead atoms. The minimum absolute atomic E-state index is 0.0997. The SMILES string of the molecule is CC(C)(C)OC(=O)N1CC(C23CC(S(=O)(=O)c4ccc(C(F)(F)F)cn4)(C2)C3)C1.O=C(OO)c1cccc(Cl)c1. The first-order chi connectivity index (χ1) is 18.4. The van der Waals surface area contributed by atoms with Crippen molar-refractivity contribution in [2.75, 3.05) is 13.1 Å². The molecule has 40 heavy (non-hydrogen) atoms. The Kier molecular flexibility index (Phi) is 7.65. The number of carbonyl (C=O) groups is 2. The number of alkyl halides is 3. The maximum Gasteiger partial charge on any atom is 0.417 e. The molecule has 0 unspecified atom stereocenters. The van der Waals surface area contributed by atoms with E-state index in [2.05, 4.69) is 9.87 Å². The van der Waals surface area contributed by atoms with Crippen LogP contribution in [0, 0.1) is 11.3 Å². The number of hydrogen-bond donors (Lipinski definition) is 1. The van der Waals surface area contributed by atoms with E-state index in [0.717, 1.165) is 12.1 Å². The average molecular weight is 605 g/mol. The lowest BCUT2D eigenvalue weighted by Crippen LogP contribution is -2.77. The van der Waals surface area contributed by atoms with Crippen molar-refractivity contribution >= 4 is 33.5 Å². The molecular weight excluding hydrogens is 577 g/mol. The predicted molar refractivity (Wildman–Crippen MR) is 136 cm³/mol. The molecule has 0 atom stereocenters. The molecule has 3 saturated carbocycles. The molecule has 1 aromatic carbocycles. The first-order valence-corrected chi connectivity index (χ1v) is 14.1. The van der Waals surface area contributed by atoms with Gasteiger partial charge in [0.05, 0.1) is 15.9 Å². The Morgan fingerprint density at radius 3 is 2.20 bits per heavy atom. The van der Waals surface area contributed by atoms with E-state index in [1.165, 1.54) is 12.1 Å². The molecule has 2 aromatic rings. The highest BCUT2D eigenvalue weighted by Gasteiger charge is 2.77. The van der Waals surface area contributed by atoms with Crippen molar-refractivity contribution in [2.24, 2.45) is 11.3 Å². The van der Waals surface area contributed by atoms with Gasteiger partial charge in [-0.3, -0.25) is 4.89 Å². The van der Waals surface area contributed by atoms with Crippen molar-refractivity contribution in [2.45, 2.75) is 61.6 Å². The second-order valence-electron chi connectivity index (χ2n) is 11.4. The van der Waals surface area contributed by atoms with Gasteiger partial charge in [0.15, 0.2) is 5.03 Å². The molecule has 6 rings (SSSR count). The van der Waals surface area contributed by atoms with Gasteiger partial charge in [-0.25, -0.2) is 23.0 Å². The van der Waals surface area contributed by atoms with Crippen LogP contribution >= 0.6 is 11.6 Å². The highest BCUT2D eigenvalue weighted by atomic mass is 35.5. The number of benzene rings is 1. The zero-order valence-electron chi connectivity index (χ0n) is 21.9. The summed E-state index contributed by atoms with van der Waals surface area (Å²) in [6.45, 7) is 6.49. The summed E-state index contributed by atoms with van der Waals surface area (Å²) in [4.78, 5) is 31.4. The van der Waals surface area contributed by atoms with Crippen LogP contribution < -0.4 is 0 Å². The zero-order chi connectivity index (χ0) is 29.7.